The molecule has 1 atom stereocenters. The minimum Gasteiger partial charge on any atom is -0.372 e. The lowest BCUT2D eigenvalue weighted by atomic mass is 9.54. The van der Waals surface area contributed by atoms with E-state index in [2.05, 4.69) is 70.4 Å². The molecule has 1 aliphatic heterocycles. The Kier molecular flexibility index (Phi) is 6.11. The van der Waals surface area contributed by atoms with Crippen molar-refractivity contribution in [3.05, 3.63) is 95.3 Å². The summed E-state index contributed by atoms with van der Waals surface area (Å²) in [7, 11) is 0. The Bertz CT molecular complexity index is 1190. The molecule has 3 aromatic rings. The molecule has 0 amide bonds. The van der Waals surface area contributed by atoms with Crippen molar-refractivity contribution in [1.82, 2.24) is 0 Å². The Hall–Kier alpha value is -3.05. The van der Waals surface area contributed by atoms with E-state index < -0.39 is 0 Å². The number of fused-ring (bicyclic) bond motifs is 1. The van der Waals surface area contributed by atoms with Crippen LogP contribution in [0.3, 0.4) is 0 Å². The molecule has 0 spiro atoms. The second-order valence-electron chi connectivity index (χ2n) is 11.0. The highest BCUT2D eigenvalue weighted by Crippen LogP contribution is 2.55. The van der Waals surface area contributed by atoms with E-state index in [1.165, 1.54) is 87.7 Å². The maximum Gasteiger partial charge on any atom is 0.187 e. The minimum atomic E-state index is 0.415. The molecule has 6 rings (SSSR count). The third kappa shape index (κ3) is 4.06. The van der Waals surface area contributed by atoms with E-state index in [1.807, 2.05) is 12.1 Å². The minimum absolute atomic E-state index is 0.415. The van der Waals surface area contributed by atoms with Crippen LogP contribution in [0.15, 0.2) is 72.8 Å². The highest BCUT2D eigenvalue weighted by atomic mass is 15.1. The molecule has 0 aromatic heterocycles. The van der Waals surface area contributed by atoms with Gasteiger partial charge in [0.1, 0.15) is 0 Å². The molecule has 1 heterocycles. The molecule has 35 heavy (non-hydrogen) atoms. The molecule has 1 unspecified atom stereocenters. The van der Waals surface area contributed by atoms with Crippen LogP contribution in [-0.2, 0) is 11.8 Å². The van der Waals surface area contributed by atoms with E-state index >= 15 is 0 Å². The van der Waals surface area contributed by atoms with E-state index in [1.54, 1.807) is 11.1 Å². The van der Waals surface area contributed by atoms with Gasteiger partial charge >= 0.3 is 0 Å². The molecule has 0 radical (unpaired) electrons. The lowest BCUT2D eigenvalue weighted by Crippen LogP contribution is -2.49. The summed E-state index contributed by atoms with van der Waals surface area (Å²) in [5.74, 6) is 1.69. The Morgan fingerprint density at radius 3 is 2.03 bits per heavy atom. The third-order valence-corrected chi connectivity index (χ3v) is 9.42. The molecule has 2 aliphatic carbocycles. The summed E-state index contributed by atoms with van der Waals surface area (Å²) >= 11 is 0. The summed E-state index contributed by atoms with van der Waals surface area (Å²) in [6.07, 6.45) is 12.4. The van der Waals surface area contributed by atoms with Crippen LogP contribution in [0.4, 0.5) is 11.4 Å². The van der Waals surface area contributed by atoms with Gasteiger partial charge in [0.25, 0.3) is 0 Å². The first-order chi connectivity index (χ1) is 17.3. The monoisotopic (exact) mass is 460 g/mol. The fourth-order valence-corrected chi connectivity index (χ4v) is 7.77. The van der Waals surface area contributed by atoms with Crippen molar-refractivity contribution in [3.8, 4) is 11.1 Å². The predicted octanol–water partition coefficient (Wildman–Crippen LogP) is 8.59. The summed E-state index contributed by atoms with van der Waals surface area (Å²) < 4.78 is 0. The number of aryl methyl sites for hydroxylation is 1. The Morgan fingerprint density at radius 1 is 0.714 bits per heavy atom. The van der Waals surface area contributed by atoms with E-state index in [-0.39, 0.29) is 0 Å². The number of rotatable bonds is 4. The molecule has 1 saturated carbocycles. The van der Waals surface area contributed by atoms with Gasteiger partial charge < -0.3 is 4.90 Å². The highest BCUT2D eigenvalue weighted by Gasteiger charge is 2.49. The number of anilines is 1. The molecule has 178 valence electrons. The van der Waals surface area contributed by atoms with E-state index in [9.17, 15) is 0 Å². The van der Waals surface area contributed by atoms with E-state index in [4.69, 9.17) is 6.57 Å². The smallest absolute Gasteiger partial charge is 0.187 e. The largest absolute Gasteiger partial charge is 0.372 e. The summed E-state index contributed by atoms with van der Waals surface area (Å²) in [4.78, 5) is 6.12. The molecular formula is C33H36N2. The van der Waals surface area contributed by atoms with Crippen molar-refractivity contribution in [2.45, 2.75) is 63.2 Å². The van der Waals surface area contributed by atoms with Crippen LogP contribution >= 0.6 is 0 Å². The van der Waals surface area contributed by atoms with Gasteiger partial charge in [-0.15, -0.1) is 0 Å². The van der Waals surface area contributed by atoms with Crippen LogP contribution in [-0.4, -0.2) is 13.1 Å². The topological polar surface area (TPSA) is 7.60 Å². The van der Waals surface area contributed by atoms with Crippen molar-refractivity contribution in [2.75, 3.05) is 18.0 Å². The van der Waals surface area contributed by atoms with E-state index in [0.717, 1.165) is 11.8 Å². The van der Waals surface area contributed by atoms with Crippen LogP contribution < -0.4 is 4.90 Å². The average Bonchev–Trinajstić information content (AvgIpc) is 3.49. The SMILES string of the molecule is [C-]#[N+]c1ccc(-c2ccc(N3CCC(C4(C5CCCC5)CCCc5ccccc54)CC3)cc2)cc1. The van der Waals surface area contributed by atoms with Crippen molar-refractivity contribution in [1.29, 1.82) is 0 Å². The average molecular weight is 461 g/mol. The lowest BCUT2D eigenvalue weighted by molar-refractivity contribution is 0.119. The summed E-state index contributed by atoms with van der Waals surface area (Å²) in [6.45, 7) is 9.49. The first-order valence-corrected chi connectivity index (χ1v) is 13.7. The molecule has 2 heteroatoms. The molecule has 2 nitrogen and oxygen atoms in total. The molecule has 0 bridgehead atoms. The van der Waals surface area contributed by atoms with Gasteiger partial charge in [-0.3, -0.25) is 0 Å². The second kappa shape index (κ2) is 9.54. The Labute approximate surface area is 210 Å². The molecule has 3 aromatic carbocycles. The van der Waals surface area contributed by atoms with Crippen LogP contribution in [0.2, 0.25) is 0 Å². The summed E-state index contributed by atoms with van der Waals surface area (Å²) in [6, 6.07) is 26.5. The maximum absolute atomic E-state index is 7.16. The maximum atomic E-state index is 7.16. The zero-order valence-corrected chi connectivity index (χ0v) is 20.8. The van der Waals surface area contributed by atoms with Crippen LogP contribution in [0, 0.1) is 18.4 Å². The molecule has 0 N–H and O–H groups in total. The second-order valence-corrected chi connectivity index (χ2v) is 11.0. The number of nitrogens with zero attached hydrogens (tertiary/aromatic N) is 2. The molecule has 1 saturated heterocycles. The van der Waals surface area contributed by atoms with Gasteiger partial charge in [0.15, 0.2) is 5.69 Å². The standard InChI is InChI=1S/C33H36N2/c1-34-30-16-12-25(13-17-30)26-14-18-31(19-15-26)35-23-20-29(21-24-35)33(28-9-3-4-10-28)22-6-8-27-7-2-5-11-32(27)33/h2,5,7,11-19,28-29H,3-4,6,8-10,20-24H2. The first kappa shape index (κ1) is 22.4. The normalized spacial score (nSPS) is 23.1. The van der Waals surface area contributed by atoms with Crippen molar-refractivity contribution < 1.29 is 0 Å². The van der Waals surface area contributed by atoms with Crippen LogP contribution in [0.5, 0.6) is 0 Å². The van der Waals surface area contributed by atoms with Crippen molar-refractivity contribution in [2.24, 2.45) is 11.8 Å². The predicted molar refractivity (Wildman–Crippen MR) is 146 cm³/mol. The highest BCUT2D eigenvalue weighted by molar-refractivity contribution is 5.68. The van der Waals surface area contributed by atoms with Gasteiger partial charge in [-0.25, -0.2) is 4.85 Å². The zero-order chi connectivity index (χ0) is 23.7. The quantitative estimate of drug-likeness (QED) is 0.354. The van der Waals surface area contributed by atoms with Crippen LogP contribution in [0.25, 0.3) is 16.0 Å². The lowest BCUT2D eigenvalue weighted by Gasteiger charge is -2.52. The van der Waals surface area contributed by atoms with Gasteiger partial charge in [0.2, 0.25) is 0 Å². The van der Waals surface area contributed by atoms with E-state index in [0.29, 0.717) is 11.1 Å². The van der Waals surface area contributed by atoms with Gasteiger partial charge in [0, 0.05) is 24.2 Å². The van der Waals surface area contributed by atoms with Gasteiger partial charge in [-0.2, -0.15) is 0 Å². The Morgan fingerprint density at radius 2 is 1.34 bits per heavy atom. The third-order valence-electron chi connectivity index (χ3n) is 9.42. The summed E-state index contributed by atoms with van der Waals surface area (Å²) in [5, 5.41) is 0. The fraction of sp³-hybridized carbons (Fsp3) is 0.424. The zero-order valence-electron chi connectivity index (χ0n) is 20.8. The Balaban J connectivity index is 1.20. The van der Waals surface area contributed by atoms with Crippen molar-refractivity contribution in [3.63, 3.8) is 0 Å². The summed E-state index contributed by atoms with van der Waals surface area (Å²) in [5.41, 5.74) is 8.24. The van der Waals surface area contributed by atoms with Gasteiger partial charge in [-0.05, 0) is 91.2 Å². The molecule has 3 aliphatic rings. The first-order valence-electron chi connectivity index (χ1n) is 13.7. The van der Waals surface area contributed by atoms with Crippen LogP contribution in [0.1, 0.15) is 62.5 Å². The number of hydrogen-bond acceptors (Lipinski definition) is 1. The fourth-order valence-electron chi connectivity index (χ4n) is 7.77. The molecular weight excluding hydrogens is 424 g/mol. The number of hydrogen-bond donors (Lipinski definition) is 0. The van der Waals surface area contributed by atoms with Gasteiger partial charge in [0.05, 0.1) is 6.57 Å². The number of benzene rings is 3. The number of piperidine rings is 1. The van der Waals surface area contributed by atoms with Crippen molar-refractivity contribution >= 4 is 11.4 Å². The molecule has 2 fully saturated rings. The van der Waals surface area contributed by atoms with Gasteiger partial charge in [-0.1, -0.05) is 73.5 Å².